The predicted molar refractivity (Wildman–Crippen MR) is 58.6 cm³/mol. The first kappa shape index (κ1) is 10.5. The second-order valence-electron chi connectivity index (χ2n) is 3.62. The number of amides is 2. The van der Waals surface area contributed by atoms with Crippen molar-refractivity contribution in [2.75, 3.05) is 18.5 Å². The number of carboxylic acids is 1. The lowest BCUT2D eigenvalue weighted by molar-refractivity contribution is -0.138. The molecule has 84 valence electrons. The molecule has 0 bridgehead atoms. The van der Waals surface area contributed by atoms with E-state index in [1.54, 1.807) is 24.3 Å². The van der Waals surface area contributed by atoms with Gasteiger partial charge in [0.2, 0.25) is 0 Å². The summed E-state index contributed by atoms with van der Waals surface area (Å²) >= 11 is 0. The number of rotatable bonds is 1. The molecule has 0 saturated heterocycles. The first-order valence-corrected chi connectivity index (χ1v) is 4.96. The summed E-state index contributed by atoms with van der Waals surface area (Å²) in [7, 11) is 1.53. The van der Waals surface area contributed by atoms with E-state index in [1.807, 2.05) is 0 Å². The third-order valence-electron chi connectivity index (χ3n) is 2.73. The van der Waals surface area contributed by atoms with E-state index < -0.39 is 11.9 Å². The topological polar surface area (TPSA) is 69.6 Å². The number of anilines is 1. The van der Waals surface area contributed by atoms with Crippen molar-refractivity contribution >= 4 is 17.7 Å². The molecular weight excluding hydrogens is 208 g/mol. The molecule has 16 heavy (non-hydrogen) atoms. The van der Waals surface area contributed by atoms with E-state index in [0.29, 0.717) is 11.3 Å². The molecule has 1 aromatic rings. The van der Waals surface area contributed by atoms with E-state index >= 15 is 0 Å². The van der Waals surface area contributed by atoms with Crippen molar-refractivity contribution in [2.24, 2.45) is 0 Å². The van der Waals surface area contributed by atoms with Crippen LogP contribution in [0.5, 0.6) is 0 Å². The maximum absolute atomic E-state index is 11.6. The van der Waals surface area contributed by atoms with Gasteiger partial charge in [-0.3, -0.25) is 9.69 Å². The number of nitrogens with one attached hydrogen (secondary N) is 1. The van der Waals surface area contributed by atoms with Crippen molar-refractivity contribution < 1.29 is 14.7 Å². The molecule has 0 aliphatic carbocycles. The number of hydrogen-bond donors (Lipinski definition) is 2. The number of para-hydroxylation sites is 1. The average Bonchev–Trinajstić information content (AvgIpc) is 2.67. The van der Waals surface area contributed by atoms with Gasteiger partial charge in [0.1, 0.15) is 5.92 Å². The minimum Gasteiger partial charge on any atom is -0.481 e. The molecule has 0 saturated carbocycles. The van der Waals surface area contributed by atoms with Crippen LogP contribution < -0.4 is 10.2 Å². The summed E-state index contributed by atoms with van der Waals surface area (Å²) in [6, 6.07) is 6.79. The van der Waals surface area contributed by atoms with Crippen LogP contribution in [0.1, 0.15) is 11.5 Å². The number of nitrogens with zero attached hydrogens (tertiary/aromatic N) is 1. The predicted octanol–water partition coefficient (Wildman–Crippen LogP) is 1.01. The van der Waals surface area contributed by atoms with Crippen molar-refractivity contribution in [3.63, 3.8) is 0 Å². The zero-order chi connectivity index (χ0) is 11.7. The second kappa shape index (κ2) is 3.84. The summed E-state index contributed by atoms with van der Waals surface area (Å²) < 4.78 is 0. The second-order valence-corrected chi connectivity index (χ2v) is 3.62. The van der Waals surface area contributed by atoms with Gasteiger partial charge in [0.25, 0.3) is 0 Å². The van der Waals surface area contributed by atoms with Crippen LogP contribution in [0, 0.1) is 0 Å². The van der Waals surface area contributed by atoms with Gasteiger partial charge >= 0.3 is 12.0 Å². The van der Waals surface area contributed by atoms with Gasteiger partial charge in [-0.1, -0.05) is 18.2 Å². The Hall–Kier alpha value is -2.04. The van der Waals surface area contributed by atoms with Gasteiger partial charge in [0.05, 0.1) is 0 Å². The Bertz CT molecular complexity index is 445. The minimum absolute atomic E-state index is 0.189. The Morgan fingerprint density at radius 1 is 1.44 bits per heavy atom. The summed E-state index contributed by atoms with van der Waals surface area (Å²) in [6.07, 6.45) is 0. The lowest BCUT2D eigenvalue weighted by atomic mass is 10.0. The van der Waals surface area contributed by atoms with E-state index in [9.17, 15) is 9.59 Å². The van der Waals surface area contributed by atoms with E-state index in [0.717, 1.165) is 0 Å². The number of hydrogen-bond acceptors (Lipinski definition) is 2. The minimum atomic E-state index is -0.904. The SMILES string of the molecule is CNC(=O)N1CC(C(=O)O)c2ccccc21. The standard InChI is InChI=1S/C11H12N2O3/c1-12-11(16)13-6-8(10(14)15)7-4-2-3-5-9(7)13/h2-5,8H,6H2,1H3,(H,12,16)(H,14,15). The molecule has 1 heterocycles. The summed E-state index contributed by atoms with van der Waals surface area (Å²) in [5.41, 5.74) is 1.37. The molecule has 1 aliphatic rings. The summed E-state index contributed by atoms with van der Waals surface area (Å²) in [6.45, 7) is 0.189. The number of carboxylic acid groups (broad SMARTS) is 1. The Morgan fingerprint density at radius 3 is 2.75 bits per heavy atom. The van der Waals surface area contributed by atoms with Crippen LogP contribution in [0.4, 0.5) is 10.5 Å². The summed E-state index contributed by atoms with van der Waals surface area (Å²) in [5.74, 6) is -1.53. The van der Waals surface area contributed by atoms with Crippen LogP contribution >= 0.6 is 0 Å². The normalized spacial score (nSPS) is 18.1. The zero-order valence-corrected chi connectivity index (χ0v) is 8.80. The molecule has 1 aliphatic heterocycles. The highest BCUT2D eigenvalue weighted by Crippen LogP contribution is 2.35. The van der Waals surface area contributed by atoms with Crippen molar-refractivity contribution in [3.05, 3.63) is 29.8 Å². The number of carbonyl (C=O) groups excluding carboxylic acids is 1. The van der Waals surface area contributed by atoms with Gasteiger partial charge in [-0.2, -0.15) is 0 Å². The quantitative estimate of drug-likeness (QED) is 0.742. The fraction of sp³-hybridized carbons (Fsp3) is 0.273. The molecule has 2 amide bonds. The van der Waals surface area contributed by atoms with E-state index in [2.05, 4.69) is 5.32 Å². The molecule has 2 N–H and O–H groups in total. The third kappa shape index (κ3) is 1.50. The van der Waals surface area contributed by atoms with Gasteiger partial charge < -0.3 is 10.4 Å². The van der Waals surface area contributed by atoms with Gasteiger partial charge in [-0.25, -0.2) is 4.79 Å². The Labute approximate surface area is 92.7 Å². The average molecular weight is 220 g/mol. The Morgan fingerprint density at radius 2 is 2.12 bits per heavy atom. The Kier molecular flexibility index (Phi) is 2.52. The highest BCUT2D eigenvalue weighted by Gasteiger charge is 2.35. The largest absolute Gasteiger partial charge is 0.481 e. The smallest absolute Gasteiger partial charge is 0.321 e. The fourth-order valence-corrected chi connectivity index (χ4v) is 1.95. The lowest BCUT2D eigenvalue weighted by Crippen LogP contribution is -2.37. The van der Waals surface area contributed by atoms with Crippen LogP contribution in [-0.2, 0) is 4.79 Å². The summed E-state index contributed by atoms with van der Waals surface area (Å²) in [5, 5.41) is 11.6. The van der Waals surface area contributed by atoms with Gasteiger partial charge in [0.15, 0.2) is 0 Å². The number of carbonyl (C=O) groups is 2. The maximum atomic E-state index is 11.6. The van der Waals surface area contributed by atoms with Gasteiger partial charge in [-0.05, 0) is 11.6 Å². The third-order valence-corrected chi connectivity index (χ3v) is 2.73. The van der Waals surface area contributed by atoms with E-state index in [-0.39, 0.29) is 12.6 Å². The number of fused-ring (bicyclic) bond motifs is 1. The zero-order valence-electron chi connectivity index (χ0n) is 8.80. The van der Waals surface area contributed by atoms with Crippen LogP contribution in [0.3, 0.4) is 0 Å². The fourth-order valence-electron chi connectivity index (χ4n) is 1.95. The number of aliphatic carboxylic acids is 1. The van der Waals surface area contributed by atoms with Crippen molar-refractivity contribution in [2.45, 2.75) is 5.92 Å². The first-order valence-electron chi connectivity index (χ1n) is 4.96. The number of benzene rings is 1. The Balaban J connectivity index is 2.43. The summed E-state index contributed by atoms with van der Waals surface area (Å²) in [4.78, 5) is 24.1. The highest BCUT2D eigenvalue weighted by atomic mass is 16.4. The number of urea groups is 1. The highest BCUT2D eigenvalue weighted by molar-refractivity contribution is 5.97. The molecule has 1 atom stereocenters. The van der Waals surface area contributed by atoms with Crippen molar-refractivity contribution in [3.8, 4) is 0 Å². The first-order chi connectivity index (χ1) is 7.65. The molecule has 1 aromatic carbocycles. The molecule has 0 radical (unpaired) electrons. The van der Waals surface area contributed by atoms with Crippen molar-refractivity contribution in [1.29, 1.82) is 0 Å². The van der Waals surface area contributed by atoms with Crippen LogP contribution in [-0.4, -0.2) is 30.7 Å². The molecule has 0 fully saturated rings. The molecule has 1 unspecified atom stereocenters. The van der Waals surface area contributed by atoms with E-state index in [4.69, 9.17) is 5.11 Å². The van der Waals surface area contributed by atoms with Gasteiger partial charge in [0, 0.05) is 19.3 Å². The van der Waals surface area contributed by atoms with Crippen molar-refractivity contribution in [1.82, 2.24) is 5.32 Å². The molecule has 5 heteroatoms. The van der Waals surface area contributed by atoms with Crippen LogP contribution in [0.15, 0.2) is 24.3 Å². The van der Waals surface area contributed by atoms with Crippen LogP contribution in [0.25, 0.3) is 0 Å². The maximum Gasteiger partial charge on any atom is 0.321 e. The monoisotopic (exact) mass is 220 g/mol. The molecule has 5 nitrogen and oxygen atoms in total. The molecular formula is C11H12N2O3. The van der Waals surface area contributed by atoms with Crippen LogP contribution in [0.2, 0.25) is 0 Å². The molecule has 0 spiro atoms. The lowest BCUT2D eigenvalue weighted by Gasteiger charge is -2.16. The van der Waals surface area contributed by atoms with E-state index in [1.165, 1.54) is 11.9 Å². The molecule has 2 rings (SSSR count). The molecule has 0 aromatic heterocycles. The van der Waals surface area contributed by atoms with Gasteiger partial charge in [-0.15, -0.1) is 0 Å².